The van der Waals surface area contributed by atoms with Crippen molar-refractivity contribution in [3.63, 3.8) is 0 Å². The largest absolute Gasteiger partial charge is 0.505 e. The normalized spacial score (nSPS) is 32.3. The molecule has 1 N–H and O–H groups in total. The molecule has 0 spiro atoms. The summed E-state index contributed by atoms with van der Waals surface area (Å²) in [5.41, 5.74) is 0.483. The number of imide groups is 2. The molecule has 2 aromatic rings. The summed E-state index contributed by atoms with van der Waals surface area (Å²) < 4.78 is 14.7. The molecule has 0 aromatic heterocycles. The van der Waals surface area contributed by atoms with Gasteiger partial charge in [0.15, 0.2) is 11.6 Å². The van der Waals surface area contributed by atoms with E-state index in [0.717, 1.165) is 5.57 Å². The third kappa shape index (κ3) is 3.18. The maximum Gasteiger partial charge on any atom is 0.241 e. The van der Waals surface area contributed by atoms with Gasteiger partial charge in [0.2, 0.25) is 23.6 Å². The van der Waals surface area contributed by atoms with Gasteiger partial charge in [0.25, 0.3) is 0 Å². The average molecular weight is 517 g/mol. The molecule has 2 aliphatic carbocycles. The Morgan fingerprint density at radius 3 is 2.42 bits per heavy atom. The quantitative estimate of drug-likeness (QED) is 0.486. The van der Waals surface area contributed by atoms with Gasteiger partial charge in [-0.2, -0.15) is 0 Å². The van der Waals surface area contributed by atoms with Crippen molar-refractivity contribution < 1.29 is 28.7 Å². The number of nitrogens with zero attached hydrogens (tertiary/aromatic N) is 2. The molecule has 2 aliphatic heterocycles. The van der Waals surface area contributed by atoms with E-state index in [9.17, 15) is 28.7 Å². The summed E-state index contributed by atoms with van der Waals surface area (Å²) in [7, 11) is 0. The number of hydrogen-bond donors (Lipinski definition) is 1. The van der Waals surface area contributed by atoms with E-state index in [4.69, 9.17) is 0 Å². The van der Waals surface area contributed by atoms with E-state index in [0.29, 0.717) is 30.6 Å². The van der Waals surface area contributed by atoms with Gasteiger partial charge in [-0.05, 0) is 61.9 Å². The Kier molecular flexibility index (Phi) is 5.56. The third-order valence-electron chi connectivity index (χ3n) is 9.13. The van der Waals surface area contributed by atoms with Crippen molar-refractivity contribution >= 4 is 29.3 Å². The molecule has 4 aliphatic rings. The first-order valence-corrected chi connectivity index (χ1v) is 13.2. The van der Waals surface area contributed by atoms with Crippen LogP contribution in [0, 0.1) is 34.9 Å². The zero-order chi connectivity index (χ0) is 26.9. The Labute approximate surface area is 219 Å². The van der Waals surface area contributed by atoms with Gasteiger partial charge in [-0.3, -0.25) is 24.1 Å². The smallest absolute Gasteiger partial charge is 0.241 e. The number of phenols is 1. The number of carbonyl (C=O) groups excluding carboxylic acids is 4. The number of hydrogen-bond acceptors (Lipinski definition) is 5. The highest BCUT2D eigenvalue weighted by Gasteiger charge is 2.67. The minimum Gasteiger partial charge on any atom is -0.505 e. The van der Waals surface area contributed by atoms with Gasteiger partial charge < -0.3 is 5.11 Å². The number of fused-ring (bicyclic) bond motifs is 4. The number of para-hydroxylation sites is 1. The lowest BCUT2D eigenvalue weighted by atomic mass is 9.51. The highest BCUT2D eigenvalue weighted by Crippen LogP contribution is 2.63. The molecule has 196 valence electrons. The first-order chi connectivity index (χ1) is 18.2. The van der Waals surface area contributed by atoms with Crippen LogP contribution in [-0.4, -0.2) is 40.2 Å². The zero-order valence-electron chi connectivity index (χ0n) is 21.3. The lowest BCUT2D eigenvalue weighted by Crippen LogP contribution is -2.48. The number of benzene rings is 2. The molecule has 0 radical (unpaired) electrons. The summed E-state index contributed by atoms with van der Waals surface area (Å²) >= 11 is 0. The summed E-state index contributed by atoms with van der Waals surface area (Å²) in [5.74, 6) is -5.47. The average Bonchev–Trinajstić information content (AvgIpc) is 3.26. The minimum atomic E-state index is -1.24. The monoisotopic (exact) mass is 516 g/mol. The van der Waals surface area contributed by atoms with Crippen LogP contribution in [0.15, 0.2) is 60.2 Å². The Bertz CT molecular complexity index is 1400. The maximum absolute atomic E-state index is 14.7. The molecule has 7 nitrogen and oxygen atoms in total. The summed E-state index contributed by atoms with van der Waals surface area (Å²) in [4.78, 5) is 57.4. The van der Waals surface area contributed by atoms with E-state index in [-0.39, 0.29) is 30.0 Å². The van der Waals surface area contributed by atoms with E-state index in [1.807, 2.05) is 13.0 Å². The number of likely N-dealkylation sites (tertiary alicyclic amines) is 1. The number of phenolic OH excluding ortho intramolecular Hbond substituents is 1. The Morgan fingerprint density at radius 2 is 1.74 bits per heavy atom. The highest BCUT2D eigenvalue weighted by molar-refractivity contribution is 6.24. The van der Waals surface area contributed by atoms with Crippen molar-refractivity contribution in [3.8, 4) is 5.75 Å². The van der Waals surface area contributed by atoms with Crippen molar-refractivity contribution in [1.29, 1.82) is 0 Å². The molecule has 3 fully saturated rings. The molecular weight excluding hydrogens is 487 g/mol. The van der Waals surface area contributed by atoms with Crippen LogP contribution >= 0.6 is 0 Å². The fraction of sp³-hybridized carbons (Fsp3) is 0.400. The first kappa shape index (κ1) is 24.5. The predicted octanol–water partition coefficient (Wildman–Crippen LogP) is 4.17. The molecule has 2 heterocycles. The molecule has 4 amide bonds. The number of anilines is 1. The van der Waals surface area contributed by atoms with E-state index in [1.165, 1.54) is 21.9 Å². The molecular formula is C30H29FN2O5. The number of aromatic hydroxyl groups is 1. The van der Waals surface area contributed by atoms with Crippen molar-refractivity contribution in [3.05, 3.63) is 71.6 Å². The van der Waals surface area contributed by atoms with Crippen LogP contribution in [0.3, 0.4) is 0 Å². The summed E-state index contributed by atoms with van der Waals surface area (Å²) in [5, 5.41) is 9.87. The molecule has 0 bridgehead atoms. The first-order valence-electron chi connectivity index (χ1n) is 13.2. The van der Waals surface area contributed by atoms with Crippen LogP contribution in [0.2, 0.25) is 0 Å². The molecule has 6 atom stereocenters. The number of carbonyl (C=O) groups is 4. The SMILES string of the molecule is CCCN1C(=O)[C@H]2[C@H](CC=C3[C@H]2C[C@H]2C(=O)N(c4ccccc4)C(=O)[C@@]2(C)[C@H]3c2ccc(O)c(F)c2)C1=O. The van der Waals surface area contributed by atoms with E-state index >= 15 is 0 Å². The standard InChI is InChI=1S/C30H29FN2O5/c1-3-13-32-26(35)19-11-10-18-20(24(19)28(32)37)15-21-27(36)33(17-7-5-4-6-8-17)29(38)30(21,2)25(18)16-9-12-23(34)22(31)14-16/h4-10,12,14,19-21,24-25,34H,3,11,13,15H2,1-2H3/t19-,20+,21-,24-,25-,30+/m0/s1. The lowest BCUT2D eigenvalue weighted by Gasteiger charge is -2.49. The lowest BCUT2D eigenvalue weighted by molar-refractivity contribution is -0.140. The molecule has 8 heteroatoms. The zero-order valence-corrected chi connectivity index (χ0v) is 21.3. The van der Waals surface area contributed by atoms with Crippen LogP contribution in [0.5, 0.6) is 5.75 Å². The van der Waals surface area contributed by atoms with Crippen molar-refractivity contribution in [1.82, 2.24) is 4.90 Å². The van der Waals surface area contributed by atoms with Crippen molar-refractivity contribution in [2.24, 2.45) is 29.1 Å². The second-order valence-electron chi connectivity index (χ2n) is 11.0. The third-order valence-corrected chi connectivity index (χ3v) is 9.13. The number of halogens is 1. The predicted molar refractivity (Wildman–Crippen MR) is 136 cm³/mol. The van der Waals surface area contributed by atoms with E-state index in [1.54, 1.807) is 43.3 Å². The van der Waals surface area contributed by atoms with E-state index in [2.05, 4.69) is 0 Å². The minimum absolute atomic E-state index is 0.183. The number of allylic oxidation sites excluding steroid dienone is 2. The van der Waals surface area contributed by atoms with Gasteiger partial charge in [-0.1, -0.05) is 42.8 Å². The topological polar surface area (TPSA) is 95.0 Å². The fourth-order valence-corrected chi connectivity index (χ4v) is 7.43. The van der Waals surface area contributed by atoms with Gasteiger partial charge in [0.1, 0.15) is 0 Å². The maximum atomic E-state index is 14.7. The Morgan fingerprint density at radius 1 is 1.00 bits per heavy atom. The van der Waals surface area contributed by atoms with E-state index < -0.39 is 46.6 Å². The summed E-state index contributed by atoms with van der Waals surface area (Å²) in [6.07, 6.45) is 3.19. The number of rotatable bonds is 4. The number of amides is 4. The second kappa shape index (κ2) is 8.61. The Hall–Kier alpha value is -3.81. The van der Waals surface area contributed by atoms with Gasteiger partial charge in [0, 0.05) is 12.5 Å². The molecule has 2 aromatic carbocycles. The second-order valence-corrected chi connectivity index (χ2v) is 11.0. The highest BCUT2D eigenvalue weighted by atomic mass is 19.1. The van der Waals surface area contributed by atoms with Gasteiger partial charge in [-0.25, -0.2) is 9.29 Å². The van der Waals surface area contributed by atoms with Crippen LogP contribution in [0.25, 0.3) is 0 Å². The fourth-order valence-electron chi connectivity index (χ4n) is 7.43. The van der Waals surface area contributed by atoms with Crippen molar-refractivity contribution in [2.45, 2.75) is 39.0 Å². The molecule has 1 saturated carbocycles. The van der Waals surface area contributed by atoms with Gasteiger partial charge >= 0.3 is 0 Å². The molecule has 6 rings (SSSR count). The van der Waals surface area contributed by atoms with Gasteiger partial charge in [0.05, 0.1) is 28.9 Å². The van der Waals surface area contributed by atoms with Crippen LogP contribution in [-0.2, 0) is 19.2 Å². The van der Waals surface area contributed by atoms with Crippen LogP contribution < -0.4 is 4.90 Å². The van der Waals surface area contributed by atoms with Crippen LogP contribution in [0.1, 0.15) is 44.6 Å². The Balaban J connectivity index is 1.52. The van der Waals surface area contributed by atoms with Crippen molar-refractivity contribution in [2.75, 3.05) is 11.4 Å². The summed E-state index contributed by atoms with van der Waals surface area (Å²) in [6.45, 7) is 4.01. The molecule has 38 heavy (non-hydrogen) atoms. The van der Waals surface area contributed by atoms with Gasteiger partial charge in [-0.15, -0.1) is 0 Å². The summed E-state index contributed by atoms with van der Waals surface area (Å²) in [6, 6.07) is 12.8. The molecule has 0 unspecified atom stereocenters. The molecule has 2 saturated heterocycles. The van der Waals surface area contributed by atoms with Crippen LogP contribution in [0.4, 0.5) is 10.1 Å².